The maximum absolute atomic E-state index is 12.6. The number of aliphatic hydroxyl groups is 1. The molecule has 1 fully saturated rings. The number of phosphoric acid groups is 2. The van der Waals surface area contributed by atoms with E-state index < -0.39 is 52.5 Å². The molecule has 1 aromatic rings. The number of rotatable bonds is 28. The van der Waals surface area contributed by atoms with Crippen LogP contribution >= 0.6 is 15.6 Å². The highest BCUT2D eigenvalue weighted by Gasteiger charge is 2.49. The van der Waals surface area contributed by atoms with Crippen molar-refractivity contribution in [3.8, 4) is 0 Å². The summed E-state index contributed by atoms with van der Waals surface area (Å²) in [7, 11) is -9.82. The molecule has 49 heavy (non-hydrogen) atoms. The normalized spacial score (nSPS) is 20.8. The van der Waals surface area contributed by atoms with Crippen molar-refractivity contribution in [3.63, 3.8) is 0 Å². The number of unbranched alkanes of at least 4 members (excludes halogenated alkanes) is 3. The molecule has 1 aliphatic heterocycles. The Hall–Kier alpha value is -1.91. The fourth-order valence-electron chi connectivity index (χ4n) is 4.27. The number of carbonyl (C=O) groups is 1. The molecule has 2 heterocycles. The van der Waals surface area contributed by atoms with Crippen molar-refractivity contribution >= 4 is 27.4 Å². The molecule has 9 N–H and O–H groups in total. The van der Waals surface area contributed by atoms with E-state index in [1.807, 2.05) is 0 Å². The highest BCUT2D eigenvalue weighted by Crippen LogP contribution is 2.49. The number of hydrogen-bond donors (Lipinski definition) is 7. The number of nitrogen functional groups attached to an aromatic ring is 1. The first-order valence-electron chi connectivity index (χ1n) is 15.6. The molecule has 1 aromatic heterocycles. The number of hydrogen-bond acceptors (Lipinski definition) is 16. The zero-order valence-electron chi connectivity index (χ0n) is 27.1. The van der Waals surface area contributed by atoms with Gasteiger partial charge in [0.15, 0.2) is 6.23 Å². The fraction of sp³-hybridized carbons (Fsp3) is 0.808. The van der Waals surface area contributed by atoms with Crippen molar-refractivity contribution in [1.29, 1.82) is 0 Å². The van der Waals surface area contributed by atoms with Crippen LogP contribution in [0.25, 0.3) is 0 Å². The van der Waals surface area contributed by atoms with E-state index in [0.717, 1.165) is 10.8 Å². The van der Waals surface area contributed by atoms with Crippen LogP contribution in [0, 0.1) is 0 Å². The summed E-state index contributed by atoms with van der Waals surface area (Å²) in [6, 6.07) is 1.24. The Bertz CT molecular complexity index is 1240. The van der Waals surface area contributed by atoms with Crippen LogP contribution in [0.5, 0.6) is 0 Å². The number of aliphatic hydroxyl groups excluding tert-OH is 1. The van der Waals surface area contributed by atoms with Crippen LogP contribution in [0.2, 0.25) is 0 Å². The molecule has 1 aliphatic rings. The first kappa shape index (κ1) is 43.3. The topological polar surface area (TPSA) is 305 Å². The number of nitrogens with two attached hydrogens (primary N) is 2. The second-order valence-corrected chi connectivity index (χ2v) is 13.2. The van der Waals surface area contributed by atoms with Crippen molar-refractivity contribution < 1.29 is 71.0 Å². The molecule has 1 amide bonds. The highest BCUT2D eigenvalue weighted by molar-refractivity contribution is 7.47. The van der Waals surface area contributed by atoms with Gasteiger partial charge in [0.25, 0.3) is 0 Å². The number of nitrogens with one attached hydrogen (secondary N) is 1. The molecule has 2 rings (SSSR count). The molecule has 0 bridgehead atoms. The molecule has 0 spiro atoms. The molecule has 0 aliphatic carbocycles. The highest BCUT2D eigenvalue weighted by atomic mass is 31.2. The van der Waals surface area contributed by atoms with Gasteiger partial charge in [-0.1, -0.05) is 12.8 Å². The quantitative estimate of drug-likeness (QED) is 0.0390. The molecular weight excluding hydrogens is 700 g/mol. The van der Waals surface area contributed by atoms with Gasteiger partial charge in [-0.05, 0) is 18.9 Å². The van der Waals surface area contributed by atoms with Gasteiger partial charge in [-0.2, -0.15) is 4.98 Å². The minimum absolute atomic E-state index is 0.111. The minimum atomic E-state index is -5.00. The van der Waals surface area contributed by atoms with E-state index >= 15 is 0 Å². The molecule has 0 aromatic carbocycles. The van der Waals surface area contributed by atoms with Gasteiger partial charge in [0.1, 0.15) is 24.1 Å². The van der Waals surface area contributed by atoms with E-state index in [-0.39, 0.29) is 31.4 Å². The molecule has 5 atom stereocenters. The lowest BCUT2D eigenvalue weighted by Gasteiger charge is -2.23. The first-order valence-corrected chi connectivity index (χ1v) is 18.7. The summed E-state index contributed by atoms with van der Waals surface area (Å²) in [4.78, 5) is 56.1. The summed E-state index contributed by atoms with van der Waals surface area (Å²) in [5.41, 5.74) is 9.86. The molecule has 5 unspecified atom stereocenters. The van der Waals surface area contributed by atoms with Gasteiger partial charge < -0.3 is 60.3 Å². The number of nitrogens with zero attached hydrogens (tertiary/aromatic N) is 2. The van der Waals surface area contributed by atoms with Crippen molar-refractivity contribution in [2.45, 2.75) is 56.6 Å². The third-order valence-corrected chi connectivity index (χ3v) is 8.10. The Morgan fingerprint density at radius 3 is 2.14 bits per heavy atom. The lowest BCUT2D eigenvalue weighted by Crippen LogP contribution is -2.37. The number of phosphoric ester groups is 2. The molecule has 21 nitrogen and oxygen atoms in total. The predicted octanol–water partition coefficient (Wildman–Crippen LogP) is -1.21. The number of amides is 1. The van der Waals surface area contributed by atoms with Gasteiger partial charge in [-0.3, -0.25) is 22.9 Å². The minimum Gasteiger partial charge on any atom is -0.386 e. The molecule has 1 saturated heterocycles. The second-order valence-electron chi connectivity index (χ2n) is 10.5. The first-order chi connectivity index (χ1) is 23.3. The predicted molar refractivity (Wildman–Crippen MR) is 170 cm³/mol. The summed E-state index contributed by atoms with van der Waals surface area (Å²) in [6.07, 6.45) is -2.84. The summed E-state index contributed by atoms with van der Waals surface area (Å²) in [6.45, 7) is 3.17. The molecule has 0 radical (unpaired) electrons. The zero-order chi connectivity index (χ0) is 36.1. The fourth-order valence-corrected chi connectivity index (χ4v) is 5.60. The Kier molecular flexibility index (Phi) is 20.8. The molecule has 0 saturated carbocycles. The third-order valence-electron chi connectivity index (χ3n) is 6.60. The Morgan fingerprint density at radius 2 is 1.53 bits per heavy atom. The van der Waals surface area contributed by atoms with E-state index in [4.69, 9.17) is 54.0 Å². The monoisotopic (exact) mass is 749 g/mol. The van der Waals surface area contributed by atoms with Crippen LogP contribution in [0.4, 0.5) is 5.82 Å². The van der Waals surface area contributed by atoms with Gasteiger partial charge in [0.2, 0.25) is 5.91 Å². The Balaban J connectivity index is 1.58. The SMILES string of the molecule is NCCOCCOCCOCCOCCC(=O)NCCCCCCOP(=O)(O)OC1C(COP(=O)(O)O)OC(n2ccc(N)nc2=O)C1O. The van der Waals surface area contributed by atoms with Crippen molar-refractivity contribution in [2.24, 2.45) is 5.73 Å². The maximum Gasteiger partial charge on any atom is 0.472 e. The summed E-state index contributed by atoms with van der Waals surface area (Å²) in [5.74, 6) is -0.268. The Labute approximate surface area is 283 Å². The van der Waals surface area contributed by atoms with Crippen LogP contribution in [0.15, 0.2) is 17.1 Å². The number of aromatic nitrogens is 2. The van der Waals surface area contributed by atoms with Crippen LogP contribution in [0.3, 0.4) is 0 Å². The van der Waals surface area contributed by atoms with Crippen LogP contribution < -0.4 is 22.5 Å². The Morgan fingerprint density at radius 1 is 0.918 bits per heavy atom. The van der Waals surface area contributed by atoms with Gasteiger partial charge in [-0.25, -0.2) is 13.9 Å². The maximum atomic E-state index is 12.6. The number of carbonyl (C=O) groups excluding carboxylic acids is 1. The van der Waals surface area contributed by atoms with E-state index in [0.29, 0.717) is 85.0 Å². The summed E-state index contributed by atoms with van der Waals surface area (Å²) in [5, 5.41) is 13.6. The van der Waals surface area contributed by atoms with Crippen molar-refractivity contribution in [3.05, 3.63) is 22.7 Å². The molecule has 23 heteroatoms. The van der Waals surface area contributed by atoms with E-state index in [9.17, 15) is 28.7 Å². The van der Waals surface area contributed by atoms with Crippen LogP contribution in [0.1, 0.15) is 38.3 Å². The lowest BCUT2D eigenvalue weighted by atomic mass is 10.1. The van der Waals surface area contributed by atoms with Gasteiger partial charge in [-0.15, -0.1) is 0 Å². The van der Waals surface area contributed by atoms with E-state index in [1.54, 1.807) is 0 Å². The largest absolute Gasteiger partial charge is 0.472 e. The smallest absolute Gasteiger partial charge is 0.386 e. The van der Waals surface area contributed by atoms with E-state index in [2.05, 4.69) is 14.8 Å². The van der Waals surface area contributed by atoms with Gasteiger partial charge in [0.05, 0.1) is 66.1 Å². The second kappa shape index (κ2) is 23.5. The standard InChI is InChI=1S/C26H49N5O16P2/c27-7-12-41-14-16-43-18-17-42-15-13-40-11-6-22(32)29-8-3-1-2-4-10-44-49(38,39)47-24-20(19-45-48(35,36)37)46-25(23(24)33)31-9-5-21(28)30-26(31)34/h5,9,20,23-25,33H,1-4,6-8,10-19,27H2,(H,29,32)(H,38,39)(H2,28,30,34)(H2,35,36,37). The average molecular weight is 750 g/mol. The van der Waals surface area contributed by atoms with E-state index in [1.165, 1.54) is 6.07 Å². The summed E-state index contributed by atoms with van der Waals surface area (Å²) >= 11 is 0. The third kappa shape index (κ3) is 18.8. The number of anilines is 1. The van der Waals surface area contributed by atoms with Crippen molar-refractivity contribution in [2.75, 3.05) is 84.9 Å². The van der Waals surface area contributed by atoms with Crippen LogP contribution in [-0.2, 0) is 51.2 Å². The van der Waals surface area contributed by atoms with Gasteiger partial charge in [0, 0.05) is 25.7 Å². The zero-order valence-corrected chi connectivity index (χ0v) is 28.9. The number of ether oxygens (including phenoxy) is 5. The summed E-state index contributed by atoms with van der Waals surface area (Å²) < 4.78 is 66.0. The van der Waals surface area contributed by atoms with Crippen LogP contribution in [-0.4, -0.2) is 133 Å². The average Bonchev–Trinajstić information content (AvgIpc) is 3.32. The lowest BCUT2D eigenvalue weighted by molar-refractivity contribution is -0.122. The van der Waals surface area contributed by atoms with Gasteiger partial charge >= 0.3 is 21.3 Å². The molecular formula is C26H49N5O16P2. The van der Waals surface area contributed by atoms with Crippen molar-refractivity contribution in [1.82, 2.24) is 14.9 Å². The molecule has 284 valence electrons.